The zero-order valence-corrected chi connectivity index (χ0v) is 13.0. The first-order valence-electron chi connectivity index (χ1n) is 7.88. The molecule has 6 nitrogen and oxygen atoms in total. The molecule has 21 heavy (non-hydrogen) atoms. The van der Waals surface area contributed by atoms with Gasteiger partial charge in [-0.15, -0.1) is 0 Å². The zero-order chi connectivity index (χ0) is 15.6. The van der Waals surface area contributed by atoms with Crippen LogP contribution in [0.2, 0.25) is 0 Å². The molecule has 0 radical (unpaired) electrons. The third kappa shape index (κ3) is 3.55. The van der Waals surface area contributed by atoms with Crippen molar-refractivity contribution >= 4 is 11.9 Å². The standard InChI is InChI=1S/C15H27N3O3/c1-11-4-3-5-15(16,10-11)14(21)18-8-6-17(7-9-18)12(2)13(19)20/h11-12H,3-10,16H2,1-2H3,(H,19,20). The minimum absolute atomic E-state index is 0.0525. The average Bonchev–Trinajstić information content (AvgIpc) is 2.45. The van der Waals surface area contributed by atoms with E-state index in [0.29, 0.717) is 32.1 Å². The first-order valence-corrected chi connectivity index (χ1v) is 7.88. The summed E-state index contributed by atoms with van der Waals surface area (Å²) in [5.74, 6) is -0.260. The van der Waals surface area contributed by atoms with Gasteiger partial charge in [0.2, 0.25) is 5.91 Å². The molecular formula is C15H27N3O3. The van der Waals surface area contributed by atoms with E-state index in [1.165, 1.54) is 0 Å². The van der Waals surface area contributed by atoms with Gasteiger partial charge in [-0.3, -0.25) is 14.5 Å². The van der Waals surface area contributed by atoms with E-state index in [0.717, 1.165) is 25.7 Å². The van der Waals surface area contributed by atoms with E-state index >= 15 is 0 Å². The quantitative estimate of drug-likeness (QED) is 0.792. The fourth-order valence-electron chi connectivity index (χ4n) is 3.57. The molecule has 6 heteroatoms. The van der Waals surface area contributed by atoms with Crippen LogP contribution in [0.3, 0.4) is 0 Å². The second kappa shape index (κ2) is 6.32. The van der Waals surface area contributed by atoms with E-state index in [2.05, 4.69) is 6.92 Å². The summed E-state index contributed by atoms with van der Waals surface area (Å²) in [6.45, 7) is 6.19. The Bertz CT molecular complexity index is 407. The summed E-state index contributed by atoms with van der Waals surface area (Å²) in [6.07, 6.45) is 3.69. The maximum absolute atomic E-state index is 12.7. The van der Waals surface area contributed by atoms with Crippen molar-refractivity contribution < 1.29 is 14.7 Å². The van der Waals surface area contributed by atoms with Crippen molar-refractivity contribution in [2.45, 2.75) is 51.1 Å². The van der Waals surface area contributed by atoms with Crippen LogP contribution in [0.5, 0.6) is 0 Å². The number of rotatable bonds is 3. The number of piperazine rings is 1. The van der Waals surface area contributed by atoms with Crippen LogP contribution in [-0.4, -0.2) is 64.5 Å². The van der Waals surface area contributed by atoms with Gasteiger partial charge >= 0.3 is 5.97 Å². The molecule has 1 aliphatic carbocycles. The van der Waals surface area contributed by atoms with Crippen LogP contribution in [0.4, 0.5) is 0 Å². The van der Waals surface area contributed by atoms with Gasteiger partial charge in [-0.1, -0.05) is 19.8 Å². The SMILES string of the molecule is CC1CCCC(N)(C(=O)N2CCN(C(C)C(=O)O)CC2)C1. The molecule has 3 N–H and O–H groups in total. The van der Waals surface area contributed by atoms with Crippen molar-refractivity contribution in [3.63, 3.8) is 0 Å². The summed E-state index contributed by atoms with van der Waals surface area (Å²) < 4.78 is 0. The lowest BCUT2D eigenvalue weighted by Gasteiger charge is -2.43. The molecule has 2 fully saturated rings. The van der Waals surface area contributed by atoms with Gasteiger partial charge < -0.3 is 15.7 Å². The van der Waals surface area contributed by atoms with Gasteiger partial charge in [0.25, 0.3) is 0 Å². The Labute approximate surface area is 126 Å². The number of amides is 1. The van der Waals surface area contributed by atoms with Crippen molar-refractivity contribution in [2.75, 3.05) is 26.2 Å². The number of aliphatic carboxylic acids is 1. The molecule has 2 aliphatic rings. The number of carbonyl (C=O) groups excluding carboxylic acids is 1. The molecule has 0 bridgehead atoms. The molecule has 0 spiro atoms. The Balaban J connectivity index is 1.92. The van der Waals surface area contributed by atoms with E-state index in [4.69, 9.17) is 10.8 Å². The molecule has 2 rings (SSSR count). The topological polar surface area (TPSA) is 86.9 Å². The van der Waals surface area contributed by atoms with Crippen LogP contribution in [0.1, 0.15) is 39.5 Å². The van der Waals surface area contributed by atoms with Gasteiger partial charge in [0.05, 0.1) is 5.54 Å². The maximum atomic E-state index is 12.7. The minimum atomic E-state index is -0.814. The van der Waals surface area contributed by atoms with Crippen LogP contribution < -0.4 is 5.73 Å². The summed E-state index contributed by atoms with van der Waals surface area (Å²) in [7, 11) is 0. The van der Waals surface area contributed by atoms with Crippen LogP contribution in [0.15, 0.2) is 0 Å². The molecule has 1 amide bonds. The Hall–Kier alpha value is -1.14. The molecule has 0 aromatic heterocycles. The lowest BCUT2D eigenvalue weighted by atomic mass is 9.76. The fourth-order valence-corrected chi connectivity index (χ4v) is 3.57. The molecule has 3 atom stereocenters. The predicted octanol–water partition coefficient (Wildman–Crippen LogP) is 0.511. The molecule has 0 aromatic carbocycles. The number of carboxylic acids is 1. The first kappa shape index (κ1) is 16.2. The van der Waals surface area contributed by atoms with Crippen molar-refractivity contribution in [3.8, 4) is 0 Å². The van der Waals surface area contributed by atoms with Gasteiger partial charge in [0.15, 0.2) is 0 Å². The van der Waals surface area contributed by atoms with Gasteiger partial charge in [0.1, 0.15) is 6.04 Å². The van der Waals surface area contributed by atoms with Gasteiger partial charge in [-0.05, 0) is 25.7 Å². The van der Waals surface area contributed by atoms with Crippen LogP contribution in [-0.2, 0) is 9.59 Å². The molecular weight excluding hydrogens is 270 g/mol. The number of hydrogen-bond donors (Lipinski definition) is 2. The molecule has 1 heterocycles. The predicted molar refractivity (Wildman–Crippen MR) is 79.8 cm³/mol. The highest BCUT2D eigenvalue weighted by atomic mass is 16.4. The summed E-state index contributed by atoms with van der Waals surface area (Å²) in [5, 5.41) is 9.04. The van der Waals surface area contributed by atoms with Crippen LogP contribution in [0, 0.1) is 5.92 Å². The van der Waals surface area contributed by atoms with E-state index < -0.39 is 17.6 Å². The highest BCUT2D eigenvalue weighted by Crippen LogP contribution is 2.32. The number of nitrogens with two attached hydrogens (primary N) is 1. The molecule has 0 aromatic rings. The first-order chi connectivity index (χ1) is 9.83. The fraction of sp³-hybridized carbons (Fsp3) is 0.867. The highest BCUT2D eigenvalue weighted by molar-refractivity contribution is 5.86. The highest BCUT2D eigenvalue weighted by Gasteiger charge is 2.41. The van der Waals surface area contributed by atoms with Gasteiger partial charge in [-0.2, -0.15) is 0 Å². The van der Waals surface area contributed by atoms with E-state index in [1.807, 2.05) is 9.80 Å². The van der Waals surface area contributed by atoms with Crippen LogP contribution in [0.25, 0.3) is 0 Å². The Kier molecular flexibility index (Phi) is 4.88. The molecule has 120 valence electrons. The largest absolute Gasteiger partial charge is 0.480 e. The van der Waals surface area contributed by atoms with Gasteiger partial charge in [0, 0.05) is 26.2 Å². The summed E-state index contributed by atoms with van der Waals surface area (Å²) >= 11 is 0. The number of carboxylic acid groups (broad SMARTS) is 1. The summed E-state index contributed by atoms with van der Waals surface area (Å²) in [4.78, 5) is 27.4. The molecule has 1 saturated carbocycles. The second-order valence-corrected chi connectivity index (χ2v) is 6.70. The zero-order valence-electron chi connectivity index (χ0n) is 13.0. The lowest BCUT2D eigenvalue weighted by Crippen LogP contribution is -2.61. The van der Waals surface area contributed by atoms with Crippen molar-refractivity contribution in [1.82, 2.24) is 9.80 Å². The maximum Gasteiger partial charge on any atom is 0.320 e. The number of carbonyl (C=O) groups is 2. The number of nitrogens with zero attached hydrogens (tertiary/aromatic N) is 2. The Morgan fingerprint density at radius 1 is 1.29 bits per heavy atom. The van der Waals surface area contributed by atoms with E-state index in [1.54, 1.807) is 6.92 Å². The van der Waals surface area contributed by atoms with E-state index in [9.17, 15) is 9.59 Å². The third-order valence-corrected chi connectivity index (χ3v) is 4.97. The van der Waals surface area contributed by atoms with Crippen molar-refractivity contribution in [3.05, 3.63) is 0 Å². The number of hydrogen-bond acceptors (Lipinski definition) is 4. The smallest absolute Gasteiger partial charge is 0.320 e. The second-order valence-electron chi connectivity index (χ2n) is 6.70. The molecule has 1 saturated heterocycles. The summed E-state index contributed by atoms with van der Waals surface area (Å²) in [5.41, 5.74) is 5.66. The Morgan fingerprint density at radius 3 is 2.43 bits per heavy atom. The normalized spacial score (nSPS) is 32.7. The van der Waals surface area contributed by atoms with Crippen LogP contribution >= 0.6 is 0 Å². The lowest BCUT2D eigenvalue weighted by molar-refractivity contribution is -0.145. The third-order valence-electron chi connectivity index (χ3n) is 4.97. The van der Waals surface area contributed by atoms with Crippen molar-refractivity contribution in [2.24, 2.45) is 11.7 Å². The summed E-state index contributed by atoms with van der Waals surface area (Å²) in [6, 6.07) is -0.496. The van der Waals surface area contributed by atoms with Gasteiger partial charge in [-0.25, -0.2) is 0 Å². The van der Waals surface area contributed by atoms with Crippen molar-refractivity contribution in [1.29, 1.82) is 0 Å². The molecule has 3 unspecified atom stereocenters. The minimum Gasteiger partial charge on any atom is -0.480 e. The molecule has 1 aliphatic heterocycles. The van der Waals surface area contributed by atoms with E-state index in [-0.39, 0.29) is 5.91 Å². The average molecular weight is 297 g/mol. The Morgan fingerprint density at radius 2 is 1.90 bits per heavy atom. The monoisotopic (exact) mass is 297 g/mol.